The number of hydrogen-bond donors (Lipinski definition) is 2. The largest absolute Gasteiger partial charge is 0.328 e. The Bertz CT molecular complexity index is 1230. The molecule has 9 nitrogen and oxygen atoms in total. The van der Waals surface area contributed by atoms with Crippen molar-refractivity contribution in [2.75, 3.05) is 5.32 Å². The second-order valence-electron chi connectivity index (χ2n) is 6.17. The van der Waals surface area contributed by atoms with Crippen LogP contribution in [0.1, 0.15) is 21.5 Å². The molecule has 0 fully saturated rings. The lowest BCUT2D eigenvalue weighted by Crippen LogP contribution is -2.39. The predicted molar refractivity (Wildman–Crippen MR) is 103 cm³/mol. The Morgan fingerprint density at radius 1 is 1.21 bits per heavy atom. The van der Waals surface area contributed by atoms with E-state index in [0.717, 1.165) is 6.20 Å². The second-order valence-corrected chi connectivity index (χ2v) is 6.17. The molecule has 0 atom stereocenters. The van der Waals surface area contributed by atoms with Crippen molar-refractivity contribution in [2.45, 2.75) is 13.5 Å². The van der Waals surface area contributed by atoms with E-state index >= 15 is 0 Å². The van der Waals surface area contributed by atoms with Crippen molar-refractivity contribution in [1.29, 1.82) is 0 Å². The number of anilines is 1. The molecular formula is C19H15FN4O5. The lowest BCUT2D eigenvalue weighted by molar-refractivity contribution is -0.384. The Labute approximate surface area is 162 Å². The van der Waals surface area contributed by atoms with Crippen LogP contribution >= 0.6 is 0 Å². The minimum absolute atomic E-state index is 0.0613. The topological polar surface area (TPSA) is 127 Å². The van der Waals surface area contributed by atoms with Gasteiger partial charge in [-0.05, 0) is 18.6 Å². The number of amides is 1. The molecule has 29 heavy (non-hydrogen) atoms. The predicted octanol–water partition coefficient (Wildman–Crippen LogP) is 2.19. The number of aromatic amines is 1. The lowest BCUT2D eigenvalue weighted by atomic mass is 10.1. The first-order valence-electron chi connectivity index (χ1n) is 8.41. The van der Waals surface area contributed by atoms with Gasteiger partial charge in [0.1, 0.15) is 17.1 Å². The number of benzene rings is 2. The molecule has 3 rings (SSSR count). The number of nitrogens with one attached hydrogen (secondary N) is 2. The average molecular weight is 398 g/mol. The molecular weight excluding hydrogens is 383 g/mol. The van der Waals surface area contributed by atoms with Crippen molar-refractivity contribution >= 4 is 17.3 Å². The quantitative estimate of drug-likeness (QED) is 0.503. The average Bonchev–Trinajstić information content (AvgIpc) is 2.67. The highest BCUT2D eigenvalue weighted by Gasteiger charge is 2.21. The smallest absolute Gasteiger partial charge is 0.316 e. The summed E-state index contributed by atoms with van der Waals surface area (Å²) in [4.78, 5) is 50.1. The van der Waals surface area contributed by atoms with Crippen LogP contribution in [0.5, 0.6) is 0 Å². The number of rotatable bonds is 5. The minimum Gasteiger partial charge on any atom is -0.316 e. The van der Waals surface area contributed by atoms with Crippen LogP contribution < -0.4 is 16.6 Å². The number of para-hydroxylation sites is 1. The van der Waals surface area contributed by atoms with Crippen molar-refractivity contribution in [1.82, 2.24) is 9.55 Å². The van der Waals surface area contributed by atoms with E-state index in [9.17, 15) is 28.9 Å². The van der Waals surface area contributed by atoms with Gasteiger partial charge in [0.25, 0.3) is 17.2 Å². The van der Waals surface area contributed by atoms with Gasteiger partial charge in [-0.3, -0.25) is 24.3 Å². The highest BCUT2D eigenvalue weighted by molar-refractivity contribution is 6.05. The molecule has 1 heterocycles. The first-order chi connectivity index (χ1) is 13.8. The molecule has 0 aliphatic carbocycles. The molecule has 0 radical (unpaired) electrons. The van der Waals surface area contributed by atoms with Gasteiger partial charge in [-0.25, -0.2) is 9.18 Å². The maximum Gasteiger partial charge on any atom is 0.328 e. The van der Waals surface area contributed by atoms with Crippen LogP contribution in [-0.4, -0.2) is 20.4 Å². The van der Waals surface area contributed by atoms with Crippen LogP contribution in [0.4, 0.5) is 15.8 Å². The summed E-state index contributed by atoms with van der Waals surface area (Å²) in [5, 5.41) is 13.5. The monoisotopic (exact) mass is 398 g/mol. The van der Waals surface area contributed by atoms with Crippen LogP contribution in [0.15, 0.2) is 58.3 Å². The third-order valence-electron chi connectivity index (χ3n) is 4.28. The Morgan fingerprint density at radius 2 is 1.93 bits per heavy atom. The number of H-pyrrole nitrogens is 1. The zero-order chi connectivity index (χ0) is 21.1. The molecule has 1 aromatic heterocycles. The third kappa shape index (κ3) is 3.95. The Balaban J connectivity index is 2.00. The van der Waals surface area contributed by atoms with Crippen molar-refractivity contribution in [3.63, 3.8) is 0 Å². The number of nitrogens with zero attached hydrogens (tertiary/aromatic N) is 2. The molecule has 3 aromatic rings. The number of aryl methyl sites for hydroxylation is 1. The van der Waals surface area contributed by atoms with Gasteiger partial charge in [-0.2, -0.15) is 0 Å². The molecule has 10 heteroatoms. The molecule has 0 saturated heterocycles. The van der Waals surface area contributed by atoms with Gasteiger partial charge in [0.05, 0.1) is 11.5 Å². The summed E-state index contributed by atoms with van der Waals surface area (Å²) in [6.07, 6.45) is 0.919. The number of hydrogen-bond acceptors (Lipinski definition) is 5. The lowest BCUT2D eigenvalue weighted by Gasteiger charge is -2.10. The number of halogens is 1. The molecule has 0 aliphatic heterocycles. The van der Waals surface area contributed by atoms with Crippen LogP contribution in [-0.2, 0) is 6.54 Å². The second kappa shape index (κ2) is 7.89. The van der Waals surface area contributed by atoms with E-state index in [2.05, 4.69) is 10.3 Å². The van der Waals surface area contributed by atoms with Gasteiger partial charge < -0.3 is 10.3 Å². The molecule has 0 aliphatic rings. The number of nitro groups is 1. The maximum absolute atomic E-state index is 13.9. The number of carbonyl (C=O) groups excluding carboxylic acids is 1. The normalized spacial score (nSPS) is 10.6. The highest BCUT2D eigenvalue weighted by atomic mass is 19.1. The van der Waals surface area contributed by atoms with E-state index in [1.165, 1.54) is 30.3 Å². The maximum atomic E-state index is 13.9. The van der Waals surface area contributed by atoms with Crippen LogP contribution in [0, 0.1) is 22.9 Å². The fourth-order valence-electron chi connectivity index (χ4n) is 2.76. The molecule has 0 saturated carbocycles. The molecule has 1 amide bonds. The summed E-state index contributed by atoms with van der Waals surface area (Å²) in [6, 6.07) is 9.84. The van der Waals surface area contributed by atoms with Gasteiger partial charge in [-0.1, -0.05) is 30.3 Å². The minimum atomic E-state index is -0.953. The summed E-state index contributed by atoms with van der Waals surface area (Å²) in [7, 11) is 0. The number of carbonyl (C=O) groups is 1. The van der Waals surface area contributed by atoms with Gasteiger partial charge in [0, 0.05) is 17.8 Å². The molecule has 0 unspecified atom stereocenters. The SMILES string of the molecule is Cc1cccc([N+](=O)[O-])c1NC(=O)c1c[nH]c(=O)n(Cc2ccccc2F)c1=O. The Kier molecular flexibility index (Phi) is 5.35. The number of nitro benzene ring substituents is 1. The first-order valence-corrected chi connectivity index (χ1v) is 8.41. The summed E-state index contributed by atoms with van der Waals surface area (Å²) >= 11 is 0. The van der Waals surface area contributed by atoms with Crippen molar-refractivity contribution in [3.05, 3.63) is 102 Å². The van der Waals surface area contributed by atoms with E-state index in [0.29, 0.717) is 10.1 Å². The highest BCUT2D eigenvalue weighted by Crippen LogP contribution is 2.27. The fraction of sp³-hybridized carbons (Fsp3) is 0.105. The van der Waals surface area contributed by atoms with Gasteiger partial charge >= 0.3 is 5.69 Å². The molecule has 2 aromatic carbocycles. The molecule has 0 bridgehead atoms. The van der Waals surface area contributed by atoms with Gasteiger partial charge in [0.15, 0.2) is 0 Å². The van der Waals surface area contributed by atoms with Crippen LogP contribution in [0.2, 0.25) is 0 Å². The Hall–Kier alpha value is -4.08. The van der Waals surface area contributed by atoms with E-state index in [4.69, 9.17) is 0 Å². The van der Waals surface area contributed by atoms with Crippen LogP contribution in [0.25, 0.3) is 0 Å². The summed E-state index contributed by atoms with van der Waals surface area (Å²) < 4.78 is 14.6. The van der Waals surface area contributed by atoms with Crippen molar-refractivity contribution < 1.29 is 14.1 Å². The summed E-state index contributed by atoms with van der Waals surface area (Å²) in [5.41, 5.74) is -2.11. The standard InChI is InChI=1S/C19H15FN4O5/c1-11-5-4-8-15(24(28)29)16(11)22-17(25)13-9-21-19(27)23(18(13)26)10-12-6-2-3-7-14(12)20/h2-9H,10H2,1H3,(H,21,27)(H,22,25). The third-order valence-corrected chi connectivity index (χ3v) is 4.28. The van der Waals surface area contributed by atoms with E-state index in [-0.39, 0.29) is 23.5 Å². The zero-order valence-corrected chi connectivity index (χ0v) is 15.1. The van der Waals surface area contributed by atoms with Crippen molar-refractivity contribution in [3.8, 4) is 0 Å². The molecule has 2 N–H and O–H groups in total. The summed E-state index contributed by atoms with van der Waals surface area (Å²) in [5.74, 6) is -1.55. The zero-order valence-electron chi connectivity index (χ0n) is 15.1. The molecule has 0 spiro atoms. The summed E-state index contributed by atoms with van der Waals surface area (Å²) in [6.45, 7) is 1.18. The van der Waals surface area contributed by atoms with E-state index < -0.39 is 33.5 Å². The van der Waals surface area contributed by atoms with Crippen molar-refractivity contribution in [2.24, 2.45) is 0 Å². The number of aromatic nitrogens is 2. The first kappa shape index (κ1) is 19.7. The van der Waals surface area contributed by atoms with Gasteiger partial charge in [0.2, 0.25) is 0 Å². The Morgan fingerprint density at radius 3 is 2.62 bits per heavy atom. The van der Waals surface area contributed by atoms with Gasteiger partial charge in [-0.15, -0.1) is 0 Å². The van der Waals surface area contributed by atoms with E-state index in [1.54, 1.807) is 19.1 Å². The van der Waals surface area contributed by atoms with E-state index in [1.807, 2.05) is 0 Å². The molecule has 148 valence electrons. The fourth-order valence-corrected chi connectivity index (χ4v) is 2.76. The van der Waals surface area contributed by atoms with Crippen LogP contribution in [0.3, 0.4) is 0 Å².